The SMILES string of the molecule is CCc1nccn1CCN1CCN(CC(=O)Nc2nnc(C)s2)CC1. The number of amides is 1. The Hall–Kier alpha value is -1.84. The molecule has 1 aliphatic heterocycles. The van der Waals surface area contributed by atoms with Crippen molar-refractivity contribution in [3.05, 3.63) is 23.2 Å². The van der Waals surface area contributed by atoms with Gasteiger partial charge in [0.05, 0.1) is 6.54 Å². The van der Waals surface area contributed by atoms with Crippen molar-refractivity contribution >= 4 is 22.4 Å². The Bertz CT molecular complexity index is 690. The summed E-state index contributed by atoms with van der Waals surface area (Å²) in [4.78, 5) is 21.1. The molecule has 0 aliphatic carbocycles. The molecule has 1 saturated heterocycles. The van der Waals surface area contributed by atoms with Crippen molar-refractivity contribution in [3.8, 4) is 0 Å². The van der Waals surface area contributed by atoms with Gasteiger partial charge in [-0.25, -0.2) is 4.98 Å². The van der Waals surface area contributed by atoms with Crippen LogP contribution in [0.15, 0.2) is 12.4 Å². The van der Waals surface area contributed by atoms with Crippen molar-refractivity contribution in [1.82, 2.24) is 29.5 Å². The Morgan fingerprint density at radius 3 is 2.64 bits per heavy atom. The molecule has 1 N–H and O–H groups in total. The minimum Gasteiger partial charge on any atom is -0.334 e. The molecule has 3 rings (SSSR count). The van der Waals surface area contributed by atoms with Crippen molar-refractivity contribution in [3.63, 3.8) is 0 Å². The van der Waals surface area contributed by atoms with E-state index >= 15 is 0 Å². The van der Waals surface area contributed by atoms with Gasteiger partial charge in [-0.05, 0) is 6.92 Å². The molecule has 25 heavy (non-hydrogen) atoms. The molecule has 136 valence electrons. The first-order valence-corrected chi connectivity index (χ1v) is 9.50. The number of anilines is 1. The number of hydrogen-bond acceptors (Lipinski definition) is 7. The van der Waals surface area contributed by atoms with Crippen molar-refractivity contribution in [2.45, 2.75) is 26.8 Å². The lowest BCUT2D eigenvalue weighted by Gasteiger charge is -2.34. The van der Waals surface area contributed by atoms with Crippen LogP contribution in [0.5, 0.6) is 0 Å². The van der Waals surface area contributed by atoms with Gasteiger partial charge in [0, 0.05) is 58.1 Å². The van der Waals surface area contributed by atoms with E-state index in [2.05, 4.69) is 48.0 Å². The van der Waals surface area contributed by atoms with E-state index < -0.39 is 0 Å². The van der Waals surface area contributed by atoms with E-state index in [0.717, 1.165) is 56.5 Å². The van der Waals surface area contributed by atoms with Gasteiger partial charge in [0.2, 0.25) is 11.0 Å². The van der Waals surface area contributed by atoms with Crippen LogP contribution in [0.1, 0.15) is 17.8 Å². The molecule has 8 nitrogen and oxygen atoms in total. The smallest absolute Gasteiger partial charge is 0.240 e. The largest absolute Gasteiger partial charge is 0.334 e. The Balaban J connectivity index is 1.37. The Morgan fingerprint density at radius 2 is 1.96 bits per heavy atom. The number of nitrogens with zero attached hydrogens (tertiary/aromatic N) is 6. The van der Waals surface area contributed by atoms with E-state index in [1.165, 1.54) is 11.3 Å². The summed E-state index contributed by atoms with van der Waals surface area (Å²) in [6.07, 6.45) is 4.88. The molecule has 0 radical (unpaired) electrons. The highest BCUT2D eigenvalue weighted by atomic mass is 32.1. The lowest BCUT2D eigenvalue weighted by Crippen LogP contribution is -2.49. The molecule has 1 amide bonds. The van der Waals surface area contributed by atoms with Crippen LogP contribution in [0.3, 0.4) is 0 Å². The van der Waals surface area contributed by atoms with Crippen molar-refractivity contribution in [2.24, 2.45) is 0 Å². The summed E-state index contributed by atoms with van der Waals surface area (Å²) in [5.41, 5.74) is 0. The molecule has 3 heterocycles. The van der Waals surface area contributed by atoms with Crippen LogP contribution in [0.2, 0.25) is 0 Å². The first-order chi connectivity index (χ1) is 12.1. The second kappa shape index (κ2) is 8.50. The van der Waals surface area contributed by atoms with Crippen LogP contribution < -0.4 is 5.32 Å². The number of rotatable bonds is 7. The van der Waals surface area contributed by atoms with E-state index in [-0.39, 0.29) is 5.91 Å². The van der Waals surface area contributed by atoms with Crippen LogP contribution in [0.4, 0.5) is 5.13 Å². The van der Waals surface area contributed by atoms with Crippen LogP contribution in [0.25, 0.3) is 0 Å². The highest BCUT2D eigenvalue weighted by molar-refractivity contribution is 7.15. The molecule has 1 aliphatic rings. The third-order valence-electron chi connectivity index (χ3n) is 4.38. The third-order valence-corrected chi connectivity index (χ3v) is 5.13. The van der Waals surface area contributed by atoms with Crippen LogP contribution >= 0.6 is 11.3 Å². The molecule has 2 aromatic rings. The van der Waals surface area contributed by atoms with E-state index in [9.17, 15) is 4.79 Å². The van der Waals surface area contributed by atoms with Crippen molar-refractivity contribution in [2.75, 3.05) is 44.6 Å². The highest BCUT2D eigenvalue weighted by Gasteiger charge is 2.19. The molecule has 0 atom stereocenters. The molecule has 0 saturated carbocycles. The quantitative estimate of drug-likeness (QED) is 0.786. The number of piperazine rings is 1. The zero-order valence-electron chi connectivity index (χ0n) is 14.8. The fourth-order valence-electron chi connectivity index (χ4n) is 2.99. The molecule has 0 unspecified atom stereocenters. The average Bonchev–Trinajstić information content (AvgIpc) is 3.22. The predicted octanol–water partition coefficient (Wildman–Crippen LogP) is 0.862. The normalized spacial score (nSPS) is 16.2. The van der Waals surface area contributed by atoms with Crippen LogP contribution in [0, 0.1) is 6.92 Å². The summed E-state index contributed by atoms with van der Waals surface area (Å²) >= 11 is 1.40. The number of aryl methyl sites for hydroxylation is 2. The van der Waals surface area contributed by atoms with E-state index in [1.54, 1.807) is 0 Å². The Labute approximate surface area is 151 Å². The number of carbonyl (C=O) groups is 1. The average molecular weight is 363 g/mol. The van der Waals surface area contributed by atoms with Crippen molar-refractivity contribution < 1.29 is 4.79 Å². The minimum absolute atomic E-state index is 0.0180. The van der Waals surface area contributed by atoms with Gasteiger partial charge in [-0.1, -0.05) is 18.3 Å². The first-order valence-electron chi connectivity index (χ1n) is 8.68. The summed E-state index contributed by atoms with van der Waals surface area (Å²) < 4.78 is 2.23. The van der Waals surface area contributed by atoms with Crippen molar-refractivity contribution in [1.29, 1.82) is 0 Å². The summed E-state index contributed by atoms with van der Waals surface area (Å²) in [7, 11) is 0. The van der Waals surface area contributed by atoms with E-state index in [0.29, 0.717) is 11.7 Å². The van der Waals surface area contributed by atoms with Gasteiger partial charge in [0.1, 0.15) is 10.8 Å². The zero-order valence-corrected chi connectivity index (χ0v) is 15.6. The van der Waals surface area contributed by atoms with E-state index in [1.807, 2.05) is 13.1 Å². The minimum atomic E-state index is -0.0180. The molecule has 0 bridgehead atoms. The molecule has 2 aromatic heterocycles. The number of imidazole rings is 1. The summed E-state index contributed by atoms with van der Waals surface area (Å²) in [6.45, 7) is 10.2. The third kappa shape index (κ3) is 5.07. The van der Waals surface area contributed by atoms with Gasteiger partial charge in [0.25, 0.3) is 0 Å². The number of hydrogen-bond donors (Lipinski definition) is 1. The second-order valence-corrected chi connectivity index (χ2v) is 7.36. The van der Waals surface area contributed by atoms with Crippen LogP contribution in [-0.2, 0) is 17.8 Å². The topological polar surface area (TPSA) is 79.2 Å². The lowest BCUT2D eigenvalue weighted by molar-refractivity contribution is -0.117. The molecule has 1 fully saturated rings. The second-order valence-electron chi connectivity index (χ2n) is 6.18. The fraction of sp³-hybridized carbons (Fsp3) is 0.625. The Kier molecular flexibility index (Phi) is 6.11. The first kappa shape index (κ1) is 18.0. The molecule has 0 spiro atoms. The Morgan fingerprint density at radius 1 is 1.20 bits per heavy atom. The molecule has 0 aromatic carbocycles. The lowest BCUT2D eigenvalue weighted by atomic mass is 10.3. The predicted molar refractivity (Wildman–Crippen MR) is 97.8 cm³/mol. The number of nitrogens with one attached hydrogen (secondary N) is 1. The van der Waals surface area contributed by atoms with Gasteiger partial charge < -0.3 is 4.57 Å². The van der Waals surface area contributed by atoms with Gasteiger partial charge in [-0.15, -0.1) is 10.2 Å². The zero-order chi connectivity index (χ0) is 17.6. The number of aromatic nitrogens is 4. The maximum Gasteiger partial charge on any atom is 0.240 e. The molecular weight excluding hydrogens is 338 g/mol. The standard InChI is InChI=1S/C16H25N7OS/c1-3-14-17-4-5-23(14)11-10-21-6-8-22(9-7-21)12-15(24)18-16-20-19-13(2)25-16/h4-5H,3,6-12H2,1-2H3,(H,18,20,24). The van der Waals surface area contributed by atoms with Crippen LogP contribution in [-0.4, -0.2) is 74.7 Å². The molecule has 9 heteroatoms. The fourth-order valence-corrected chi connectivity index (χ4v) is 3.60. The number of carbonyl (C=O) groups excluding carboxylic acids is 1. The summed E-state index contributed by atoms with van der Waals surface area (Å²) in [5.74, 6) is 1.12. The molecular formula is C16H25N7OS. The summed E-state index contributed by atoms with van der Waals surface area (Å²) in [6, 6.07) is 0. The monoisotopic (exact) mass is 363 g/mol. The maximum atomic E-state index is 12.1. The highest BCUT2D eigenvalue weighted by Crippen LogP contribution is 2.13. The van der Waals surface area contributed by atoms with Gasteiger partial charge in [-0.2, -0.15) is 0 Å². The van der Waals surface area contributed by atoms with Gasteiger partial charge in [-0.3, -0.25) is 19.9 Å². The summed E-state index contributed by atoms with van der Waals surface area (Å²) in [5, 5.41) is 12.1. The van der Waals surface area contributed by atoms with Gasteiger partial charge >= 0.3 is 0 Å². The van der Waals surface area contributed by atoms with E-state index in [4.69, 9.17) is 0 Å². The maximum absolute atomic E-state index is 12.1. The van der Waals surface area contributed by atoms with Gasteiger partial charge in [0.15, 0.2) is 0 Å².